The van der Waals surface area contributed by atoms with Gasteiger partial charge in [-0.15, -0.1) is 0 Å². The molecule has 0 fully saturated rings. The van der Waals surface area contributed by atoms with Crippen LogP contribution in [0.2, 0.25) is 0 Å². The average molecular weight is 582 g/mol. The number of amides is 2. The molecule has 0 aliphatic rings. The Labute approximate surface area is 243 Å². The van der Waals surface area contributed by atoms with E-state index in [2.05, 4.69) is 5.32 Å². The molecule has 220 valence electrons. The maximum atomic E-state index is 14.0. The summed E-state index contributed by atoms with van der Waals surface area (Å²) < 4.78 is 39.5. The number of hydrogen-bond donors (Lipinski definition) is 1. The zero-order valence-corrected chi connectivity index (χ0v) is 24.9. The second kappa shape index (κ2) is 15.1. The van der Waals surface area contributed by atoms with Crippen LogP contribution in [0.3, 0.4) is 0 Å². The van der Waals surface area contributed by atoms with Gasteiger partial charge >= 0.3 is 0 Å². The molecule has 0 aromatic heterocycles. The second-order valence-corrected chi connectivity index (χ2v) is 11.3. The zero-order chi connectivity index (χ0) is 29.8. The van der Waals surface area contributed by atoms with Gasteiger partial charge in [0.2, 0.25) is 11.8 Å². The van der Waals surface area contributed by atoms with Crippen LogP contribution in [0.15, 0.2) is 83.8 Å². The van der Waals surface area contributed by atoms with E-state index >= 15 is 0 Å². The molecule has 0 aliphatic carbocycles. The number of rotatable bonds is 15. The molecular formula is C31H39N3O6S. The number of carbonyl (C=O) groups excluding carboxylic acids is 2. The summed E-state index contributed by atoms with van der Waals surface area (Å²) in [7, 11) is -2.56. The Morgan fingerprint density at radius 3 is 2.12 bits per heavy atom. The van der Waals surface area contributed by atoms with Gasteiger partial charge in [-0.2, -0.15) is 0 Å². The average Bonchev–Trinajstić information content (AvgIpc) is 2.99. The lowest BCUT2D eigenvalue weighted by Crippen LogP contribution is -2.51. The lowest BCUT2D eigenvalue weighted by Gasteiger charge is -2.32. The third kappa shape index (κ3) is 8.47. The van der Waals surface area contributed by atoms with E-state index in [-0.39, 0.29) is 17.3 Å². The van der Waals surface area contributed by atoms with Crippen LogP contribution in [0.1, 0.15) is 39.2 Å². The van der Waals surface area contributed by atoms with Crippen LogP contribution in [0, 0.1) is 0 Å². The minimum atomic E-state index is -4.13. The molecule has 0 unspecified atom stereocenters. The second-order valence-electron chi connectivity index (χ2n) is 9.44. The van der Waals surface area contributed by atoms with Crippen LogP contribution < -0.4 is 19.1 Å². The van der Waals surface area contributed by atoms with Crippen molar-refractivity contribution in [3.63, 3.8) is 0 Å². The van der Waals surface area contributed by atoms with Gasteiger partial charge in [-0.3, -0.25) is 13.9 Å². The molecule has 0 bridgehead atoms. The van der Waals surface area contributed by atoms with Crippen molar-refractivity contribution in [2.75, 3.05) is 31.1 Å². The molecule has 1 N–H and O–H groups in total. The lowest BCUT2D eigenvalue weighted by atomic mass is 10.1. The fourth-order valence-corrected chi connectivity index (χ4v) is 5.61. The Balaban J connectivity index is 1.98. The fraction of sp³-hybridized carbons (Fsp3) is 0.355. The molecule has 41 heavy (non-hydrogen) atoms. The van der Waals surface area contributed by atoms with Crippen molar-refractivity contribution in [1.29, 1.82) is 0 Å². The first-order chi connectivity index (χ1) is 19.7. The summed E-state index contributed by atoms with van der Waals surface area (Å²) in [6.07, 6.45) is 1.73. The van der Waals surface area contributed by atoms with Gasteiger partial charge in [0.05, 0.1) is 24.3 Å². The summed E-state index contributed by atoms with van der Waals surface area (Å²) in [5.74, 6) is 0.414. The first kappa shape index (κ1) is 31.5. The van der Waals surface area contributed by atoms with E-state index in [4.69, 9.17) is 9.47 Å². The van der Waals surface area contributed by atoms with E-state index in [0.29, 0.717) is 30.3 Å². The molecule has 0 radical (unpaired) electrons. The van der Waals surface area contributed by atoms with Gasteiger partial charge in [-0.05, 0) is 74.4 Å². The van der Waals surface area contributed by atoms with E-state index in [1.54, 1.807) is 68.6 Å². The Bertz CT molecular complexity index is 1360. The van der Waals surface area contributed by atoms with E-state index < -0.39 is 28.5 Å². The van der Waals surface area contributed by atoms with Crippen molar-refractivity contribution < 1.29 is 27.5 Å². The fourth-order valence-electron chi connectivity index (χ4n) is 4.17. The maximum Gasteiger partial charge on any atom is 0.264 e. The normalized spacial score (nSPS) is 11.8. The quantitative estimate of drug-likeness (QED) is 0.263. The largest absolute Gasteiger partial charge is 0.497 e. The predicted octanol–water partition coefficient (Wildman–Crippen LogP) is 4.62. The summed E-state index contributed by atoms with van der Waals surface area (Å²) in [5.41, 5.74) is 1.07. The van der Waals surface area contributed by atoms with Gasteiger partial charge in [0, 0.05) is 13.1 Å². The molecular weight excluding hydrogens is 542 g/mol. The van der Waals surface area contributed by atoms with E-state index in [1.807, 2.05) is 26.0 Å². The van der Waals surface area contributed by atoms with Crippen molar-refractivity contribution in [3.05, 3.63) is 84.4 Å². The van der Waals surface area contributed by atoms with Gasteiger partial charge in [0.15, 0.2) is 0 Å². The smallest absolute Gasteiger partial charge is 0.264 e. The van der Waals surface area contributed by atoms with Crippen LogP contribution in [-0.4, -0.2) is 58.0 Å². The lowest BCUT2D eigenvalue weighted by molar-refractivity contribution is -0.139. The Morgan fingerprint density at radius 1 is 0.902 bits per heavy atom. The minimum Gasteiger partial charge on any atom is -0.497 e. The molecule has 0 saturated heterocycles. The molecule has 2 amide bonds. The number of ether oxygens (including phenoxy) is 2. The van der Waals surface area contributed by atoms with E-state index in [1.165, 1.54) is 17.0 Å². The van der Waals surface area contributed by atoms with Crippen molar-refractivity contribution in [1.82, 2.24) is 10.2 Å². The molecule has 10 heteroatoms. The molecule has 3 rings (SSSR count). The Morgan fingerprint density at radius 2 is 1.54 bits per heavy atom. The van der Waals surface area contributed by atoms with Gasteiger partial charge in [0.1, 0.15) is 24.1 Å². The number of anilines is 1. The number of benzene rings is 3. The number of nitrogens with one attached hydrogen (secondary N) is 1. The van der Waals surface area contributed by atoms with E-state index in [0.717, 1.165) is 22.7 Å². The number of nitrogens with zero attached hydrogens (tertiary/aromatic N) is 2. The van der Waals surface area contributed by atoms with Gasteiger partial charge < -0.3 is 19.7 Å². The molecule has 0 aliphatic heterocycles. The first-order valence-electron chi connectivity index (χ1n) is 13.7. The Kier molecular flexibility index (Phi) is 11.6. The molecule has 3 aromatic carbocycles. The maximum absolute atomic E-state index is 14.0. The number of sulfonamides is 1. The minimum absolute atomic E-state index is 0.0498. The van der Waals surface area contributed by atoms with Crippen LogP contribution in [0.4, 0.5) is 5.69 Å². The third-order valence-corrected chi connectivity index (χ3v) is 8.34. The van der Waals surface area contributed by atoms with Crippen molar-refractivity contribution in [2.24, 2.45) is 0 Å². The highest BCUT2D eigenvalue weighted by Crippen LogP contribution is 2.26. The molecule has 0 spiro atoms. The van der Waals surface area contributed by atoms with Gasteiger partial charge in [0.25, 0.3) is 10.0 Å². The van der Waals surface area contributed by atoms with Crippen molar-refractivity contribution >= 4 is 27.5 Å². The first-order valence-corrected chi connectivity index (χ1v) is 15.2. The summed E-state index contributed by atoms with van der Waals surface area (Å²) in [6.45, 7) is 6.08. The highest BCUT2D eigenvalue weighted by atomic mass is 32.2. The zero-order valence-electron chi connectivity index (χ0n) is 24.1. The molecule has 0 saturated carbocycles. The van der Waals surface area contributed by atoms with Crippen LogP contribution in [0.25, 0.3) is 0 Å². The highest BCUT2D eigenvalue weighted by Gasteiger charge is 2.32. The van der Waals surface area contributed by atoms with Crippen molar-refractivity contribution in [3.8, 4) is 11.5 Å². The highest BCUT2D eigenvalue weighted by molar-refractivity contribution is 7.92. The molecule has 1 atom stereocenters. The van der Waals surface area contributed by atoms with Crippen LogP contribution in [-0.2, 0) is 26.2 Å². The summed E-state index contributed by atoms with van der Waals surface area (Å²) >= 11 is 0. The summed E-state index contributed by atoms with van der Waals surface area (Å²) in [6, 6.07) is 20.8. The molecule has 9 nitrogen and oxygen atoms in total. The van der Waals surface area contributed by atoms with Crippen LogP contribution in [0.5, 0.6) is 11.5 Å². The monoisotopic (exact) mass is 581 g/mol. The topological polar surface area (TPSA) is 105 Å². The van der Waals surface area contributed by atoms with Crippen molar-refractivity contribution in [2.45, 2.75) is 51.1 Å². The summed E-state index contributed by atoms with van der Waals surface area (Å²) in [5, 5.41) is 2.88. The molecule has 3 aromatic rings. The SMILES string of the molecule is CCCCNC(=O)[C@H](C)N(Cc1ccc(OC)cc1)C(=O)CN(c1ccc(OCC)cc1)S(=O)(=O)c1ccccc1. The molecule has 0 heterocycles. The third-order valence-electron chi connectivity index (χ3n) is 6.55. The number of carbonyl (C=O) groups is 2. The van der Waals surface area contributed by atoms with Gasteiger partial charge in [-0.25, -0.2) is 8.42 Å². The summed E-state index contributed by atoms with van der Waals surface area (Å²) in [4.78, 5) is 28.5. The standard InChI is InChI=1S/C31H39N3O6S/c1-5-7-21-32-31(36)24(3)33(22-25-13-17-27(39-4)18-14-25)30(35)23-34(26-15-19-28(20-16-26)40-6-2)41(37,38)29-11-9-8-10-12-29/h8-20,24H,5-7,21-23H2,1-4H3,(H,32,36)/t24-/m0/s1. The number of methoxy groups -OCH3 is 1. The Hall–Kier alpha value is -4.05. The van der Waals surface area contributed by atoms with Gasteiger partial charge in [-0.1, -0.05) is 43.7 Å². The van der Waals surface area contributed by atoms with E-state index in [9.17, 15) is 18.0 Å². The number of hydrogen-bond acceptors (Lipinski definition) is 6. The predicted molar refractivity (Wildman–Crippen MR) is 160 cm³/mol. The van der Waals surface area contributed by atoms with Crippen LogP contribution >= 0.6 is 0 Å². The number of unbranched alkanes of at least 4 members (excludes halogenated alkanes) is 1.